The number of aliphatic hydroxyl groups is 1. The zero-order valence-corrected chi connectivity index (χ0v) is 11.1. The molecule has 3 N–H and O–H groups in total. The molecule has 1 aliphatic carbocycles. The van der Waals surface area contributed by atoms with Gasteiger partial charge in [-0.3, -0.25) is 0 Å². The Morgan fingerprint density at radius 1 is 1.22 bits per heavy atom. The maximum absolute atomic E-state index is 10.5. The van der Waals surface area contributed by atoms with Crippen molar-refractivity contribution in [1.82, 2.24) is 0 Å². The number of para-hydroxylation sites is 1. The van der Waals surface area contributed by atoms with Gasteiger partial charge in [-0.05, 0) is 24.8 Å². The highest BCUT2D eigenvalue weighted by Gasteiger charge is 2.24. The van der Waals surface area contributed by atoms with Gasteiger partial charge in [-0.1, -0.05) is 37.8 Å². The highest BCUT2D eigenvalue weighted by atomic mass is 16.5. The predicted molar refractivity (Wildman–Crippen MR) is 73.6 cm³/mol. The van der Waals surface area contributed by atoms with Crippen LogP contribution in [0, 0.1) is 5.92 Å². The Balaban J connectivity index is 2.19. The number of nitrogens with two attached hydrogens (primary N) is 1. The Kier molecular flexibility index (Phi) is 4.48. The number of rotatable bonds is 3. The lowest BCUT2D eigenvalue weighted by Gasteiger charge is -2.23. The molecule has 100 valence electrons. The van der Waals surface area contributed by atoms with Crippen LogP contribution in [0.2, 0.25) is 0 Å². The third kappa shape index (κ3) is 2.78. The fourth-order valence-electron chi connectivity index (χ4n) is 2.88. The van der Waals surface area contributed by atoms with E-state index in [-0.39, 0.29) is 0 Å². The van der Waals surface area contributed by atoms with E-state index in [1.165, 1.54) is 25.7 Å². The van der Waals surface area contributed by atoms with Crippen molar-refractivity contribution in [2.24, 2.45) is 5.92 Å². The molecular weight excluding hydrogens is 226 g/mol. The molecule has 2 rings (SSSR count). The zero-order valence-electron chi connectivity index (χ0n) is 11.1. The number of hydrogen-bond acceptors (Lipinski definition) is 3. The van der Waals surface area contributed by atoms with Crippen LogP contribution in [0.1, 0.15) is 50.2 Å². The third-order valence-electron chi connectivity index (χ3n) is 3.98. The third-order valence-corrected chi connectivity index (χ3v) is 3.98. The largest absolute Gasteiger partial charge is 0.495 e. The average molecular weight is 249 g/mol. The van der Waals surface area contributed by atoms with Crippen LogP contribution in [0.4, 0.5) is 5.69 Å². The van der Waals surface area contributed by atoms with Crippen LogP contribution in [0.3, 0.4) is 0 Å². The van der Waals surface area contributed by atoms with E-state index in [9.17, 15) is 5.11 Å². The lowest BCUT2D eigenvalue weighted by molar-refractivity contribution is 0.0993. The van der Waals surface area contributed by atoms with Gasteiger partial charge in [0.25, 0.3) is 0 Å². The molecular formula is C15H23NO2. The number of anilines is 1. The average Bonchev–Trinajstić information content (AvgIpc) is 2.67. The van der Waals surface area contributed by atoms with Crippen LogP contribution in [-0.4, -0.2) is 12.2 Å². The molecule has 0 heterocycles. The molecule has 0 aromatic heterocycles. The molecule has 3 heteroatoms. The van der Waals surface area contributed by atoms with Gasteiger partial charge in [0.2, 0.25) is 0 Å². The number of aliphatic hydroxyl groups excluding tert-OH is 1. The number of hydrogen-bond donors (Lipinski definition) is 2. The highest BCUT2D eigenvalue weighted by Crippen LogP contribution is 2.38. The van der Waals surface area contributed by atoms with Gasteiger partial charge in [0.05, 0.1) is 18.9 Å². The number of ether oxygens (including phenoxy) is 1. The summed E-state index contributed by atoms with van der Waals surface area (Å²) in [5.41, 5.74) is 7.46. The van der Waals surface area contributed by atoms with Gasteiger partial charge in [-0.15, -0.1) is 0 Å². The van der Waals surface area contributed by atoms with Crippen LogP contribution in [0.5, 0.6) is 5.75 Å². The Morgan fingerprint density at radius 2 is 1.89 bits per heavy atom. The summed E-state index contributed by atoms with van der Waals surface area (Å²) >= 11 is 0. The predicted octanol–water partition coefficient (Wildman–Crippen LogP) is 3.28. The van der Waals surface area contributed by atoms with Gasteiger partial charge in [-0.2, -0.15) is 0 Å². The number of benzene rings is 1. The lowest BCUT2D eigenvalue weighted by Crippen LogP contribution is -2.14. The van der Waals surface area contributed by atoms with Crippen LogP contribution in [0.15, 0.2) is 18.2 Å². The maximum Gasteiger partial charge on any atom is 0.142 e. The molecule has 0 amide bonds. The second-order valence-corrected chi connectivity index (χ2v) is 5.16. The molecule has 1 unspecified atom stereocenters. The van der Waals surface area contributed by atoms with Crippen molar-refractivity contribution < 1.29 is 9.84 Å². The molecule has 0 radical (unpaired) electrons. The minimum Gasteiger partial charge on any atom is -0.495 e. The van der Waals surface area contributed by atoms with Crippen molar-refractivity contribution in [3.63, 3.8) is 0 Å². The molecule has 0 saturated heterocycles. The van der Waals surface area contributed by atoms with E-state index in [0.29, 0.717) is 17.4 Å². The maximum atomic E-state index is 10.5. The van der Waals surface area contributed by atoms with Crippen molar-refractivity contribution in [3.05, 3.63) is 23.8 Å². The van der Waals surface area contributed by atoms with Crippen LogP contribution in [-0.2, 0) is 0 Å². The molecule has 1 saturated carbocycles. The Hall–Kier alpha value is -1.22. The van der Waals surface area contributed by atoms with Gasteiger partial charge < -0.3 is 15.6 Å². The quantitative estimate of drug-likeness (QED) is 0.638. The van der Waals surface area contributed by atoms with Gasteiger partial charge in [-0.25, -0.2) is 0 Å². The van der Waals surface area contributed by atoms with Crippen molar-refractivity contribution in [1.29, 1.82) is 0 Å². The standard InChI is InChI=1S/C15H23NO2/c1-18-13-10-6-9-12(14(13)16)15(17)11-7-4-2-3-5-8-11/h6,9-11,15,17H,2-5,7-8,16H2,1H3. The first-order valence-electron chi connectivity index (χ1n) is 6.84. The van der Waals surface area contributed by atoms with Crippen molar-refractivity contribution in [3.8, 4) is 5.75 Å². The summed E-state index contributed by atoms with van der Waals surface area (Å²) in [7, 11) is 1.60. The molecule has 1 aromatic rings. The van der Waals surface area contributed by atoms with Gasteiger partial charge in [0.1, 0.15) is 5.75 Å². The molecule has 1 aliphatic rings. The Morgan fingerprint density at radius 3 is 2.50 bits per heavy atom. The van der Waals surface area contributed by atoms with Crippen molar-refractivity contribution in [2.45, 2.75) is 44.6 Å². The van der Waals surface area contributed by atoms with E-state index < -0.39 is 6.10 Å². The molecule has 0 aliphatic heterocycles. The summed E-state index contributed by atoms with van der Waals surface area (Å²) in [6, 6.07) is 5.64. The topological polar surface area (TPSA) is 55.5 Å². The molecule has 18 heavy (non-hydrogen) atoms. The fourth-order valence-corrected chi connectivity index (χ4v) is 2.88. The molecule has 1 aromatic carbocycles. The second kappa shape index (κ2) is 6.10. The lowest BCUT2D eigenvalue weighted by atomic mass is 9.88. The fraction of sp³-hybridized carbons (Fsp3) is 0.600. The van der Waals surface area contributed by atoms with Crippen LogP contribution in [0.25, 0.3) is 0 Å². The van der Waals surface area contributed by atoms with Gasteiger partial charge in [0, 0.05) is 5.56 Å². The number of methoxy groups -OCH3 is 1. The van der Waals surface area contributed by atoms with Crippen LogP contribution < -0.4 is 10.5 Å². The van der Waals surface area contributed by atoms with E-state index in [1.54, 1.807) is 7.11 Å². The van der Waals surface area contributed by atoms with E-state index in [2.05, 4.69) is 0 Å². The normalized spacial score (nSPS) is 19.2. The van der Waals surface area contributed by atoms with E-state index >= 15 is 0 Å². The number of nitrogen functional groups attached to an aromatic ring is 1. The first kappa shape index (κ1) is 13.2. The molecule has 3 nitrogen and oxygen atoms in total. The molecule has 0 spiro atoms. The molecule has 1 fully saturated rings. The SMILES string of the molecule is COc1cccc(C(O)C2CCCCCC2)c1N. The molecule has 1 atom stereocenters. The second-order valence-electron chi connectivity index (χ2n) is 5.16. The van der Waals surface area contributed by atoms with E-state index in [0.717, 1.165) is 18.4 Å². The van der Waals surface area contributed by atoms with Crippen molar-refractivity contribution in [2.75, 3.05) is 12.8 Å². The Bertz CT molecular complexity index is 384. The van der Waals surface area contributed by atoms with Gasteiger partial charge in [0.15, 0.2) is 0 Å². The van der Waals surface area contributed by atoms with Gasteiger partial charge >= 0.3 is 0 Å². The van der Waals surface area contributed by atoms with Crippen LogP contribution >= 0.6 is 0 Å². The summed E-state index contributed by atoms with van der Waals surface area (Å²) in [6.45, 7) is 0. The van der Waals surface area contributed by atoms with E-state index in [4.69, 9.17) is 10.5 Å². The minimum atomic E-state index is -0.460. The van der Waals surface area contributed by atoms with E-state index in [1.807, 2.05) is 18.2 Å². The first-order chi connectivity index (χ1) is 8.74. The summed E-state index contributed by atoms with van der Waals surface area (Å²) < 4.78 is 5.21. The first-order valence-corrected chi connectivity index (χ1v) is 6.84. The Labute approximate surface area is 109 Å². The zero-order chi connectivity index (χ0) is 13.0. The summed E-state index contributed by atoms with van der Waals surface area (Å²) in [5, 5.41) is 10.5. The summed E-state index contributed by atoms with van der Waals surface area (Å²) in [5.74, 6) is 0.988. The van der Waals surface area contributed by atoms with Crippen molar-refractivity contribution >= 4 is 5.69 Å². The molecule has 0 bridgehead atoms. The smallest absolute Gasteiger partial charge is 0.142 e. The monoisotopic (exact) mass is 249 g/mol. The summed E-state index contributed by atoms with van der Waals surface area (Å²) in [4.78, 5) is 0. The summed E-state index contributed by atoms with van der Waals surface area (Å²) in [6.07, 6.45) is 6.73. The highest BCUT2D eigenvalue weighted by molar-refractivity contribution is 5.59. The minimum absolute atomic E-state index is 0.335.